The highest BCUT2D eigenvalue weighted by Gasteiger charge is 2.34. The van der Waals surface area contributed by atoms with Crippen molar-refractivity contribution in [1.29, 1.82) is 0 Å². The van der Waals surface area contributed by atoms with E-state index in [0.29, 0.717) is 16.5 Å². The maximum Gasteiger partial charge on any atom is 0.417 e. The van der Waals surface area contributed by atoms with Gasteiger partial charge in [-0.3, -0.25) is 19.3 Å². The Hall–Kier alpha value is -3.39. The van der Waals surface area contributed by atoms with Gasteiger partial charge in [0.05, 0.1) is 10.6 Å². The van der Waals surface area contributed by atoms with Gasteiger partial charge >= 0.3 is 6.18 Å². The summed E-state index contributed by atoms with van der Waals surface area (Å²) in [6.07, 6.45) is -4.58. The minimum Gasteiger partial charge on any atom is -0.326 e. The van der Waals surface area contributed by atoms with Crippen molar-refractivity contribution >= 4 is 45.8 Å². The molecule has 0 aliphatic carbocycles. The summed E-state index contributed by atoms with van der Waals surface area (Å²) in [5.74, 6) is -1.42. The Labute approximate surface area is 185 Å². The molecule has 3 amide bonds. The molecular weight excluding hydrogens is 445 g/mol. The lowest BCUT2D eigenvalue weighted by Crippen LogP contribution is -2.41. The second-order valence-corrected chi connectivity index (χ2v) is 7.72. The van der Waals surface area contributed by atoms with Crippen molar-refractivity contribution in [3.63, 3.8) is 0 Å². The number of nitrogens with one attached hydrogen (secondary N) is 1. The molecule has 9 heteroatoms. The second-order valence-electron chi connectivity index (χ2n) is 7.32. The van der Waals surface area contributed by atoms with Crippen LogP contribution in [0.5, 0.6) is 0 Å². The zero-order valence-corrected chi connectivity index (χ0v) is 17.3. The Morgan fingerprint density at radius 2 is 1.59 bits per heavy atom. The number of benzene rings is 3. The van der Waals surface area contributed by atoms with Crippen LogP contribution in [0.15, 0.2) is 54.6 Å². The summed E-state index contributed by atoms with van der Waals surface area (Å²) in [6.45, 7) is 0.00419. The van der Waals surface area contributed by atoms with Crippen LogP contribution in [0.25, 0.3) is 10.8 Å². The van der Waals surface area contributed by atoms with E-state index in [1.165, 1.54) is 6.07 Å². The fraction of sp³-hybridized carbons (Fsp3) is 0.174. The highest BCUT2D eigenvalue weighted by molar-refractivity contribution is 6.31. The van der Waals surface area contributed by atoms with Crippen molar-refractivity contribution in [1.82, 2.24) is 4.90 Å². The number of nitrogens with zero attached hydrogens (tertiary/aromatic N) is 1. The normalized spacial score (nSPS) is 13.6. The standard InChI is InChI=1S/C23H16ClF3N2O3/c24-18-10-9-14(12-17(18)23(25,26)27)28-19(30)8-3-11-29-21(31)15-6-1-4-13-5-2-7-16(20(13)15)22(29)32/h1-2,4-7,9-10,12H,3,8,11H2,(H,28,30). The number of hydrogen-bond donors (Lipinski definition) is 1. The molecule has 0 aromatic heterocycles. The third-order valence-electron chi connectivity index (χ3n) is 5.20. The first-order valence-corrected chi connectivity index (χ1v) is 10.1. The molecule has 4 rings (SSSR count). The SMILES string of the molecule is O=C(CCCN1C(=O)c2cccc3cccc(c23)C1=O)Nc1ccc(Cl)c(C(F)(F)F)c1. The van der Waals surface area contributed by atoms with Crippen LogP contribution in [0.1, 0.15) is 39.1 Å². The molecule has 1 aliphatic heterocycles. The molecule has 0 spiro atoms. The summed E-state index contributed by atoms with van der Waals surface area (Å²) in [4.78, 5) is 39.0. The van der Waals surface area contributed by atoms with Crippen LogP contribution in [0, 0.1) is 0 Å². The van der Waals surface area contributed by atoms with Crippen LogP contribution >= 0.6 is 11.6 Å². The number of amides is 3. The Bertz CT molecular complexity index is 1210. The molecule has 1 heterocycles. The van der Waals surface area contributed by atoms with Crippen molar-refractivity contribution in [3.05, 3.63) is 76.3 Å². The Morgan fingerprint density at radius 1 is 0.969 bits per heavy atom. The Kier molecular flexibility index (Phi) is 5.64. The lowest BCUT2D eigenvalue weighted by atomic mass is 9.94. The molecule has 1 N–H and O–H groups in total. The first-order chi connectivity index (χ1) is 15.2. The second kappa shape index (κ2) is 8.27. The quantitative estimate of drug-likeness (QED) is 0.509. The van der Waals surface area contributed by atoms with Gasteiger partial charge in [-0.25, -0.2) is 0 Å². The molecule has 164 valence electrons. The van der Waals surface area contributed by atoms with Crippen molar-refractivity contribution in [2.24, 2.45) is 0 Å². The molecule has 0 fully saturated rings. The molecule has 0 saturated heterocycles. The molecule has 0 bridgehead atoms. The highest BCUT2D eigenvalue weighted by atomic mass is 35.5. The first-order valence-electron chi connectivity index (χ1n) is 9.71. The van der Waals surface area contributed by atoms with Crippen LogP contribution in [0.3, 0.4) is 0 Å². The number of carbonyl (C=O) groups is 3. The van der Waals surface area contributed by atoms with E-state index in [-0.39, 0.29) is 25.1 Å². The fourth-order valence-electron chi connectivity index (χ4n) is 3.73. The van der Waals surface area contributed by atoms with Crippen molar-refractivity contribution in [2.75, 3.05) is 11.9 Å². The Morgan fingerprint density at radius 3 is 2.19 bits per heavy atom. The van der Waals surface area contributed by atoms with Crippen LogP contribution in [0.4, 0.5) is 18.9 Å². The molecule has 0 saturated carbocycles. The molecule has 3 aromatic carbocycles. The summed E-state index contributed by atoms with van der Waals surface area (Å²) >= 11 is 5.58. The zero-order valence-electron chi connectivity index (χ0n) is 16.5. The topological polar surface area (TPSA) is 66.5 Å². The van der Waals surface area contributed by atoms with E-state index in [1.807, 2.05) is 12.1 Å². The van der Waals surface area contributed by atoms with Gasteiger partial charge in [0.2, 0.25) is 5.91 Å². The molecule has 0 radical (unpaired) electrons. The number of imide groups is 1. The minimum absolute atomic E-state index is 0.00419. The summed E-state index contributed by atoms with van der Waals surface area (Å²) in [6, 6.07) is 13.5. The third-order valence-corrected chi connectivity index (χ3v) is 5.53. The van der Waals surface area contributed by atoms with E-state index in [0.717, 1.165) is 22.4 Å². The van der Waals surface area contributed by atoms with Gasteiger partial charge in [0.25, 0.3) is 11.8 Å². The summed E-state index contributed by atoms with van der Waals surface area (Å²) < 4.78 is 38.9. The fourth-order valence-corrected chi connectivity index (χ4v) is 3.95. The van der Waals surface area contributed by atoms with E-state index in [9.17, 15) is 27.6 Å². The van der Waals surface area contributed by atoms with Gasteiger partial charge in [0.1, 0.15) is 0 Å². The lowest BCUT2D eigenvalue weighted by molar-refractivity contribution is -0.137. The van der Waals surface area contributed by atoms with E-state index in [2.05, 4.69) is 5.32 Å². The van der Waals surface area contributed by atoms with Gasteiger partial charge in [0, 0.05) is 35.2 Å². The number of rotatable bonds is 5. The molecule has 3 aromatic rings. The van der Waals surface area contributed by atoms with Gasteiger partial charge in [-0.2, -0.15) is 13.2 Å². The van der Waals surface area contributed by atoms with Gasteiger partial charge in [-0.05, 0) is 42.1 Å². The average Bonchev–Trinajstić information content (AvgIpc) is 2.75. The molecule has 0 unspecified atom stereocenters. The number of halogens is 4. The molecule has 32 heavy (non-hydrogen) atoms. The van der Waals surface area contributed by atoms with Crippen LogP contribution < -0.4 is 5.32 Å². The van der Waals surface area contributed by atoms with Gasteiger partial charge in [-0.1, -0.05) is 35.9 Å². The van der Waals surface area contributed by atoms with Crippen molar-refractivity contribution in [3.8, 4) is 0 Å². The number of carbonyl (C=O) groups excluding carboxylic acids is 3. The third kappa shape index (κ3) is 4.05. The monoisotopic (exact) mass is 460 g/mol. The van der Waals surface area contributed by atoms with Gasteiger partial charge < -0.3 is 5.32 Å². The van der Waals surface area contributed by atoms with E-state index in [1.54, 1.807) is 24.3 Å². The maximum absolute atomic E-state index is 13.0. The van der Waals surface area contributed by atoms with Crippen molar-refractivity contribution < 1.29 is 27.6 Å². The highest BCUT2D eigenvalue weighted by Crippen LogP contribution is 2.36. The van der Waals surface area contributed by atoms with Gasteiger partial charge in [-0.15, -0.1) is 0 Å². The smallest absolute Gasteiger partial charge is 0.326 e. The Balaban J connectivity index is 1.41. The minimum atomic E-state index is -4.65. The number of alkyl halides is 3. The van der Waals surface area contributed by atoms with Crippen LogP contribution in [-0.4, -0.2) is 29.2 Å². The van der Waals surface area contributed by atoms with E-state index in [4.69, 9.17) is 11.6 Å². The molecule has 1 aliphatic rings. The van der Waals surface area contributed by atoms with Crippen molar-refractivity contribution in [2.45, 2.75) is 19.0 Å². The summed E-state index contributed by atoms with van der Waals surface area (Å²) in [5.41, 5.74) is -0.252. The number of anilines is 1. The van der Waals surface area contributed by atoms with Crippen LogP contribution in [-0.2, 0) is 11.0 Å². The summed E-state index contributed by atoms with van der Waals surface area (Å²) in [7, 11) is 0. The van der Waals surface area contributed by atoms with Gasteiger partial charge in [0.15, 0.2) is 0 Å². The molecular formula is C23H16ClF3N2O3. The molecule has 5 nitrogen and oxygen atoms in total. The van der Waals surface area contributed by atoms with Crippen LogP contribution in [0.2, 0.25) is 5.02 Å². The predicted octanol–water partition coefficient (Wildman–Crippen LogP) is 5.53. The first kappa shape index (κ1) is 21.8. The van der Waals surface area contributed by atoms with E-state index >= 15 is 0 Å². The average molecular weight is 461 g/mol. The van der Waals surface area contributed by atoms with E-state index < -0.39 is 34.5 Å². The predicted molar refractivity (Wildman–Crippen MR) is 114 cm³/mol. The largest absolute Gasteiger partial charge is 0.417 e. The number of hydrogen-bond acceptors (Lipinski definition) is 3. The maximum atomic E-state index is 13.0. The summed E-state index contributed by atoms with van der Waals surface area (Å²) in [5, 5.41) is 3.33. The molecule has 0 atom stereocenters. The lowest BCUT2D eigenvalue weighted by Gasteiger charge is -2.27. The zero-order chi connectivity index (χ0) is 23.0.